The van der Waals surface area contributed by atoms with Crippen LogP contribution in [0.3, 0.4) is 0 Å². The molecule has 1 aliphatic carbocycles. The molecule has 1 aliphatic heterocycles. The number of likely N-dealkylation sites (tertiary alicyclic amines) is 1. The molecule has 1 unspecified atom stereocenters. The van der Waals surface area contributed by atoms with E-state index in [1.165, 1.54) is 38.5 Å². The van der Waals surface area contributed by atoms with Crippen molar-refractivity contribution in [2.45, 2.75) is 57.0 Å². The Balaban J connectivity index is 1.85. The van der Waals surface area contributed by atoms with Crippen molar-refractivity contribution in [1.82, 2.24) is 10.2 Å². The maximum atomic E-state index is 11.0. The third-order valence-corrected chi connectivity index (χ3v) is 4.71. The number of nitrogens with one attached hydrogen (secondary N) is 1. The molecule has 2 rings (SSSR count). The number of piperidine rings is 1. The molecule has 0 aromatic rings. The molecule has 4 nitrogen and oxygen atoms in total. The maximum Gasteiger partial charge on any atom is 0.320 e. The number of rotatable bonds is 5. The molecule has 0 radical (unpaired) electrons. The van der Waals surface area contributed by atoms with E-state index in [1.807, 2.05) is 0 Å². The fourth-order valence-corrected chi connectivity index (χ4v) is 3.69. The van der Waals surface area contributed by atoms with Gasteiger partial charge in [-0.25, -0.2) is 0 Å². The van der Waals surface area contributed by atoms with Gasteiger partial charge >= 0.3 is 5.97 Å². The topological polar surface area (TPSA) is 52.6 Å². The fraction of sp³-hybridized carbons (Fsp3) is 0.929. The average Bonchev–Trinajstić information content (AvgIpc) is 2.39. The number of carboxylic acids is 1. The number of likely N-dealkylation sites (N-methyl/N-ethyl adjacent to an activating group) is 1. The van der Waals surface area contributed by atoms with Crippen molar-refractivity contribution in [3.63, 3.8) is 0 Å². The summed E-state index contributed by atoms with van der Waals surface area (Å²) in [7, 11) is 1.73. The summed E-state index contributed by atoms with van der Waals surface area (Å²) >= 11 is 0. The van der Waals surface area contributed by atoms with E-state index >= 15 is 0 Å². The van der Waals surface area contributed by atoms with Crippen molar-refractivity contribution in [1.29, 1.82) is 0 Å². The van der Waals surface area contributed by atoms with E-state index in [4.69, 9.17) is 5.11 Å². The summed E-state index contributed by atoms with van der Waals surface area (Å²) in [4.78, 5) is 13.6. The molecule has 1 saturated heterocycles. The number of hydrogen-bond donors (Lipinski definition) is 2. The first-order valence-electron chi connectivity index (χ1n) is 7.36. The predicted octanol–water partition coefficient (Wildman–Crippen LogP) is 1.70. The molecule has 0 bridgehead atoms. The molecule has 2 aliphatic rings. The van der Waals surface area contributed by atoms with Gasteiger partial charge in [0.2, 0.25) is 0 Å². The predicted molar refractivity (Wildman–Crippen MR) is 71.7 cm³/mol. The van der Waals surface area contributed by atoms with E-state index in [9.17, 15) is 4.79 Å². The lowest BCUT2D eigenvalue weighted by atomic mass is 9.78. The summed E-state index contributed by atoms with van der Waals surface area (Å²) in [5, 5.41) is 11.9. The first-order valence-corrected chi connectivity index (χ1v) is 7.36. The smallest absolute Gasteiger partial charge is 0.320 e. The van der Waals surface area contributed by atoms with Gasteiger partial charge in [0, 0.05) is 12.6 Å². The molecule has 2 N–H and O–H groups in total. The van der Waals surface area contributed by atoms with Gasteiger partial charge in [-0.2, -0.15) is 0 Å². The number of hydrogen-bond acceptors (Lipinski definition) is 3. The molecule has 4 heteroatoms. The molecule has 1 heterocycles. The SMILES string of the molecule is CNC(CCN1CCC[C@H]2CCCC[C@H]21)C(=O)O. The molecule has 0 aromatic heterocycles. The number of aliphatic carboxylic acids is 1. The molecule has 1 saturated carbocycles. The fourth-order valence-electron chi connectivity index (χ4n) is 3.69. The van der Waals surface area contributed by atoms with Crippen molar-refractivity contribution in [2.24, 2.45) is 5.92 Å². The molecular formula is C14H26N2O2. The monoisotopic (exact) mass is 254 g/mol. The van der Waals surface area contributed by atoms with Gasteiger partial charge in [-0.3, -0.25) is 4.79 Å². The van der Waals surface area contributed by atoms with Gasteiger partial charge in [0.25, 0.3) is 0 Å². The van der Waals surface area contributed by atoms with Crippen LogP contribution < -0.4 is 5.32 Å². The molecule has 2 fully saturated rings. The van der Waals surface area contributed by atoms with Crippen LogP contribution in [0.2, 0.25) is 0 Å². The van der Waals surface area contributed by atoms with Crippen LogP contribution in [-0.4, -0.2) is 48.2 Å². The summed E-state index contributed by atoms with van der Waals surface area (Å²) in [6.07, 6.45) is 8.84. The van der Waals surface area contributed by atoms with Crippen LogP contribution in [0.4, 0.5) is 0 Å². The summed E-state index contributed by atoms with van der Waals surface area (Å²) < 4.78 is 0. The Bertz CT molecular complexity index is 281. The number of carbonyl (C=O) groups is 1. The average molecular weight is 254 g/mol. The van der Waals surface area contributed by atoms with Gasteiger partial charge in [-0.1, -0.05) is 12.8 Å². The Morgan fingerprint density at radius 3 is 2.78 bits per heavy atom. The van der Waals surface area contributed by atoms with E-state index < -0.39 is 12.0 Å². The highest BCUT2D eigenvalue weighted by Gasteiger charge is 2.33. The van der Waals surface area contributed by atoms with Crippen molar-refractivity contribution in [3.05, 3.63) is 0 Å². The summed E-state index contributed by atoms with van der Waals surface area (Å²) in [5.41, 5.74) is 0. The van der Waals surface area contributed by atoms with Crippen LogP contribution in [0.25, 0.3) is 0 Å². The largest absolute Gasteiger partial charge is 0.480 e. The molecule has 0 spiro atoms. The first-order chi connectivity index (χ1) is 8.72. The van der Waals surface area contributed by atoms with Gasteiger partial charge in [0.15, 0.2) is 0 Å². The second-order valence-corrected chi connectivity index (χ2v) is 5.76. The molecular weight excluding hydrogens is 228 g/mol. The van der Waals surface area contributed by atoms with E-state index in [-0.39, 0.29) is 0 Å². The lowest BCUT2D eigenvalue weighted by Crippen LogP contribution is -2.48. The third-order valence-electron chi connectivity index (χ3n) is 4.71. The van der Waals surface area contributed by atoms with Crippen LogP contribution in [0.5, 0.6) is 0 Å². The standard InChI is InChI=1S/C14H26N2O2/c1-15-12(14(17)18)8-10-16-9-4-6-11-5-2-3-7-13(11)16/h11-13,15H,2-10H2,1H3,(H,17,18)/t11-,12?,13-/m1/s1. The van der Waals surface area contributed by atoms with Crippen LogP contribution in [0, 0.1) is 5.92 Å². The number of nitrogens with zero attached hydrogens (tertiary/aromatic N) is 1. The first kappa shape index (κ1) is 13.8. The third kappa shape index (κ3) is 3.23. The molecule has 3 atom stereocenters. The van der Waals surface area contributed by atoms with Crippen molar-refractivity contribution in [2.75, 3.05) is 20.1 Å². The highest BCUT2D eigenvalue weighted by molar-refractivity contribution is 5.73. The highest BCUT2D eigenvalue weighted by Crippen LogP contribution is 2.35. The Kier molecular flexibility index (Phi) is 5.01. The van der Waals surface area contributed by atoms with Gasteiger partial charge in [0.05, 0.1) is 0 Å². The molecule has 0 amide bonds. The van der Waals surface area contributed by atoms with Crippen LogP contribution in [0.1, 0.15) is 44.9 Å². The lowest BCUT2D eigenvalue weighted by Gasteiger charge is -2.44. The second-order valence-electron chi connectivity index (χ2n) is 5.76. The Morgan fingerprint density at radius 1 is 1.33 bits per heavy atom. The number of carboxylic acid groups (broad SMARTS) is 1. The minimum Gasteiger partial charge on any atom is -0.480 e. The molecule has 0 aromatic carbocycles. The van der Waals surface area contributed by atoms with E-state index in [0.717, 1.165) is 31.5 Å². The van der Waals surface area contributed by atoms with E-state index in [2.05, 4.69) is 10.2 Å². The van der Waals surface area contributed by atoms with Gasteiger partial charge in [-0.05, 0) is 51.6 Å². The maximum absolute atomic E-state index is 11.0. The summed E-state index contributed by atoms with van der Waals surface area (Å²) in [5.74, 6) is 0.153. The van der Waals surface area contributed by atoms with Gasteiger partial charge in [-0.15, -0.1) is 0 Å². The highest BCUT2D eigenvalue weighted by atomic mass is 16.4. The zero-order valence-electron chi connectivity index (χ0n) is 11.4. The Morgan fingerprint density at radius 2 is 2.06 bits per heavy atom. The minimum atomic E-state index is -0.727. The van der Waals surface area contributed by atoms with Crippen molar-refractivity contribution in [3.8, 4) is 0 Å². The Labute approximate surface area is 110 Å². The lowest BCUT2D eigenvalue weighted by molar-refractivity contribution is -0.139. The van der Waals surface area contributed by atoms with Crippen molar-refractivity contribution < 1.29 is 9.90 Å². The van der Waals surface area contributed by atoms with E-state index in [0.29, 0.717) is 0 Å². The zero-order chi connectivity index (χ0) is 13.0. The Hall–Kier alpha value is -0.610. The second kappa shape index (κ2) is 6.53. The molecule has 104 valence electrons. The summed E-state index contributed by atoms with van der Waals surface area (Å²) in [6.45, 7) is 2.09. The van der Waals surface area contributed by atoms with Crippen molar-refractivity contribution >= 4 is 5.97 Å². The van der Waals surface area contributed by atoms with Crippen LogP contribution in [0.15, 0.2) is 0 Å². The molecule has 18 heavy (non-hydrogen) atoms. The normalized spacial score (nSPS) is 30.7. The van der Waals surface area contributed by atoms with Crippen LogP contribution in [-0.2, 0) is 4.79 Å². The minimum absolute atomic E-state index is 0.394. The van der Waals surface area contributed by atoms with Gasteiger partial charge < -0.3 is 15.3 Å². The van der Waals surface area contributed by atoms with Crippen LogP contribution >= 0.6 is 0 Å². The van der Waals surface area contributed by atoms with Gasteiger partial charge in [0.1, 0.15) is 6.04 Å². The zero-order valence-corrected chi connectivity index (χ0v) is 11.4. The quantitative estimate of drug-likeness (QED) is 0.784. The summed E-state index contributed by atoms with van der Waals surface area (Å²) in [6, 6.07) is 0.341. The number of fused-ring (bicyclic) bond motifs is 1. The van der Waals surface area contributed by atoms with E-state index in [1.54, 1.807) is 7.05 Å².